The standard InChI is InChI=1S/C27H46O/c1-3-4-5-6-7-8-11-21-14-16-24-23-15-13-22-12-9-10-18-27(22,20-28)25(23)17-19-26(21,24)2/h10,18,21-25,28H,3-9,11-17,19-20H2,1-2H3/t21-,22+,23-,24-,25-,26+,27+/m0/s1. The zero-order valence-electron chi connectivity index (χ0n) is 18.8. The van der Waals surface area contributed by atoms with Crippen LogP contribution in [-0.2, 0) is 0 Å². The van der Waals surface area contributed by atoms with Crippen LogP contribution < -0.4 is 0 Å². The molecule has 0 aliphatic heterocycles. The molecule has 0 heterocycles. The van der Waals surface area contributed by atoms with E-state index in [0.29, 0.717) is 12.0 Å². The summed E-state index contributed by atoms with van der Waals surface area (Å²) in [6.07, 6.45) is 26.2. The summed E-state index contributed by atoms with van der Waals surface area (Å²) in [6.45, 7) is 5.39. The Labute approximate surface area is 174 Å². The molecule has 7 atom stereocenters. The van der Waals surface area contributed by atoms with E-state index in [9.17, 15) is 5.11 Å². The minimum Gasteiger partial charge on any atom is -0.395 e. The second-order valence-corrected chi connectivity index (χ2v) is 11.3. The van der Waals surface area contributed by atoms with Gasteiger partial charge in [0.25, 0.3) is 0 Å². The molecule has 0 aromatic carbocycles. The van der Waals surface area contributed by atoms with E-state index in [4.69, 9.17) is 0 Å². The largest absolute Gasteiger partial charge is 0.395 e. The van der Waals surface area contributed by atoms with Crippen LogP contribution in [0.3, 0.4) is 0 Å². The van der Waals surface area contributed by atoms with Crippen LogP contribution in [-0.4, -0.2) is 11.7 Å². The van der Waals surface area contributed by atoms with E-state index < -0.39 is 0 Å². The van der Waals surface area contributed by atoms with Gasteiger partial charge in [0.2, 0.25) is 0 Å². The van der Waals surface area contributed by atoms with Crippen molar-refractivity contribution in [2.75, 3.05) is 6.61 Å². The van der Waals surface area contributed by atoms with Gasteiger partial charge in [-0.05, 0) is 92.8 Å². The molecular weight excluding hydrogens is 340 g/mol. The first-order valence-electron chi connectivity index (χ1n) is 12.9. The molecule has 0 aromatic rings. The normalized spacial score (nSPS) is 44.8. The van der Waals surface area contributed by atoms with Crippen LogP contribution in [0.25, 0.3) is 0 Å². The van der Waals surface area contributed by atoms with Crippen LogP contribution in [0.15, 0.2) is 12.2 Å². The first-order valence-corrected chi connectivity index (χ1v) is 12.9. The molecule has 0 amide bonds. The van der Waals surface area contributed by atoms with E-state index in [1.165, 1.54) is 96.3 Å². The lowest BCUT2D eigenvalue weighted by molar-refractivity contribution is -0.105. The first kappa shape index (κ1) is 21.0. The maximum absolute atomic E-state index is 10.5. The van der Waals surface area contributed by atoms with E-state index >= 15 is 0 Å². The molecular formula is C27H46O. The van der Waals surface area contributed by atoms with Gasteiger partial charge in [-0.25, -0.2) is 0 Å². The van der Waals surface area contributed by atoms with Gasteiger partial charge >= 0.3 is 0 Å². The Balaban J connectivity index is 1.40. The molecule has 4 aliphatic carbocycles. The SMILES string of the molecule is CCCCCCCC[C@H]1CC[C@H]2[C@@H]3CC[C@H]4CCC=C[C@]4(CO)[C@H]3CC[C@]12C. The van der Waals surface area contributed by atoms with Crippen molar-refractivity contribution in [1.82, 2.24) is 0 Å². The lowest BCUT2D eigenvalue weighted by Crippen LogP contribution is -2.54. The third-order valence-electron chi connectivity index (χ3n) is 10.2. The fraction of sp³-hybridized carbons (Fsp3) is 0.926. The van der Waals surface area contributed by atoms with Gasteiger partial charge in [-0.3, -0.25) is 0 Å². The van der Waals surface area contributed by atoms with Crippen LogP contribution in [0.5, 0.6) is 0 Å². The highest BCUT2D eigenvalue weighted by molar-refractivity contribution is 5.17. The summed E-state index contributed by atoms with van der Waals surface area (Å²) in [6, 6.07) is 0. The topological polar surface area (TPSA) is 20.2 Å². The van der Waals surface area contributed by atoms with E-state index in [1.54, 1.807) is 0 Å². The lowest BCUT2D eigenvalue weighted by Gasteiger charge is -2.59. The fourth-order valence-corrected chi connectivity index (χ4v) is 8.65. The molecule has 1 N–H and O–H groups in total. The highest BCUT2D eigenvalue weighted by atomic mass is 16.3. The number of aliphatic hydroxyl groups is 1. The number of allylic oxidation sites excluding steroid dienone is 1. The molecule has 0 radical (unpaired) electrons. The zero-order valence-corrected chi connectivity index (χ0v) is 18.8. The van der Waals surface area contributed by atoms with Crippen molar-refractivity contribution in [1.29, 1.82) is 0 Å². The number of hydrogen-bond donors (Lipinski definition) is 1. The van der Waals surface area contributed by atoms with E-state index in [0.717, 1.165) is 29.6 Å². The summed E-state index contributed by atoms with van der Waals surface area (Å²) >= 11 is 0. The zero-order chi connectivity index (χ0) is 19.6. The van der Waals surface area contributed by atoms with Crippen molar-refractivity contribution in [2.24, 2.45) is 40.4 Å². The highest BCUT2D eigenvalue weighted by Crippen LogP contribution is 2.67. The van der Waals surface area contributed by atoms with Gasteiger partial charge in [-0.1, -0.05) is 64.5 Å². The highest BCUT2D eigenvalue weighted by Gasteiger charge is 2.59. The van der Waals surface area contributed by atoms with Crippen LogP contribution in [0.2, 0.25) is 0 Å². The Bertz CT molecular complexity index is 538. The summed E-state index contributed by atoms with van der Waals surface area (Å²) in [4.78, 5) is 0. The van der Waals surface area contributed by atoms with Crippen LogP contribution in [0, 0.1) is 40.4 Å². The number of hydrogen-bond acceptors (Lipinski definition) is 1. The Kier molecular flexibility index (Phi) is 6.60. The molecule has 3 saturated carbocycles. The predicted octanol–water partition coefficient (Wildman–Crippen LogP) is 7.53. The first-order chi connectivity index (χ1) is 13.7. The maximum atomic E-state index is 10.5. The summed E-state index contributed by atoms with van der Waals surface area (Å²) in [5.41, 5.74) is 0.742. The minimum absolute atomic E-state index is 0.139. The second-order valence-electron chi connectivity index (χ2n) is 11.3. The van der Waals surface area contributed by atoms with Crippen LogP contribution >= 0.6 is 0 Å². The molecule has 0 saturated heterocycles. The number of unbranched alkanes of at least 4 members (excludes halogenated alkanes) is 5. The van der Waals surface area contributed by atoms with Crippen molar-refractivity contribution < 1.29 is 5.11 Å². The molecule has 4 rings (SSSR count). The third kappa shape index (κ3) is 3.52. The average Bonchev–Trinajstić information content (AvgIpc) is 3.06. The molecule has 0 spiro atoms. The van der Waals surface area contributed by atoms with Gasteiger partial charge in [0.15, 0.2) is 0 Å². The summed E-state index contributed by atoms with van der Waals surface area (Å²) in [5, 5.41) is 10.5. The number of aliphatic hydroxyl groups excluding tert-OH is 1. The molecule has 1 nitrogen and oxygen atoms in total. The summed E-state index contributed by atoms with van der Waals surface area (Å²) < 4.78 is 0. The fourth-order valence-electron chi connectivity index (χ4n) is 8.65. The van der Waals surface area contributed by atoms with Gasteiger partial charge in [0.05, 0.1) is 6.61 Å². The monoisotopic (exact) mass is 386 g/mol. The van der Waals surface area contributed by atoms with Crippen molar-refractivity contribution in [3.8, 4) is 0 Å². The minimum atomic E-state index is 0.139. The Morgan fingerprint density at radius 3 is 2.54 bits per heavy atom. The molecule has 0 aromatic heterocycles. The van der Waals surface area contributed by atoms with Gasteiger partial charge in [-0.2, -0.15) is 0 Å². The Morgan fingerprint density at radius 2 is 1.71 bits per heavy atom. The van der Waals surface area contributed by atoms with Gasteiger partial charge < -0.3 is 5.11 Å². The van der Waals surface area contributed by atoms with E-state index in [2.05, 4.69) is 26.0 Å². The van der Waals surface area contributed by atoms with Crippen molar-refractivity contribution in [3.05, 3.63) is 12.2 Å². The predicted molar refractivity (Wildman–Crippen MR) is 119 cm³/mol. The molecule has 4 aliphatic rings. The Hall–Kier alpha value is -0.300. The average molecular weight is 387 g/mol. The van der Waals surface area contributed by atoms with Crippen molar-refractivity contribution >= 4 is 0 Å². The smallest absolute Gasteiger partial charge is 0.0527 e. The third-order valence-corrected chi connectivity index (χ3v) is 10.2. The van der Waals surface area contributed by atoms with Crippen molar-refractivity contribution in [2.45, 2.75) is 110 Å². The van der Waals surface area contributed by atoms with Crippen LogP contribution in [0.1, 0.15) is 110 Å². The summed E-state index contributed by atoms with van der Waals surface area (Å²) in [5.74, 6) is 4.33. The summed E-state index contributed by atoms with van der Waals surface area (Å²) in [7, 11) is 0. The van der Waals surface area contributed by atoms with Gasteiger partial charge in [-0.15, -0.1) is 0 Å². The van der Waals surface area contributed by atoms with Gasteiger partial charge in [0.1, 0.15) is 0 Å². The van der Waals surface area contributed by atoms with Crippen LogP contribution in [0.4, 0.5) is 0 Å². The number of fused-ring (bicyclic) bond motifs is 5. The Morgan fingerprint density at radius 1 is 0.893 bits per heavy atom. The van der Waals surface area contributed by atoms with E-state index in [1.807, 2.05) is 0 Å². The molecule has 28 heavy (non-hydrogen) atoms. The lowest BCUT2D eigenvalue weighted by atomic mass is 9.45. The van der Waals surface area contributed by atoms with Gasteiger partial charge in [0, 0.05) is 5.41 Å². The van der Waals surface area contributed by atoms with Crippen molar-refractivity contribution in [3.63, 3.8) is 0 Å². The molecule has 0 bridgehead atoms. The molecule has 0 unspecified atom stereocenters. The number of rotatable bonds is 8. The maximum Gasteiger partial charge on any atom is 0.0527 e. The second kappa shape index (κ2) is 8.83. The van der Waals surface area contributed by atoms with E-state index in [-0.39, 0.29) is 5.41 Å². The quantitative estimate of drug-likeness (QED) is 0.337. The molecule has 160 valence electrons. The molecule has 3 fully saturated rings. The molecule has 1 heteroatoms.